The molecule has 1 N–H and O–H groups in total. The summed E-state index contributed by atoms with van der Waals surface area (Å²) in [5.41, 5.74) is 2.41. The molecule has 1 aliphatic rings. The van der Waals surface area contributed by atoms with Crippen molar-refractivity contribution >= 4 is 33.5 Å². The van der Waals surface area contributed by atoms with Crippen LogP contribution in [-0.2, 0) is 14.8 Å². The Morgan fingerprint density at radius 3 is 2.67 bits per heavy atom. The van der Waals surface area contributed by atoms with Crippen molar-refractivity contribution in [2.75, 3.05) is 19.3 Å². The number of nitrogens with zero attached hydrogens (tertiary/aromatic N) is 2. The van der Waals surface area contributed by atoms with Gasteiger partial charge in [-0.15, -0.1) is 11.3 Å². The van der Waals surface area contributed by atoms with E-state index in [1.54, 1.807) is 6.07 Å². The van der Waals surface area contributed by atoms with Gasteiger partial charge in [-0.05, 0) is 25.0 Å². The molecular weight excluding hydrogens is 317 g/mol. The Morgan fingerprint density at radius 1 is 1.48 bits per heavy atom. The molecule has 0 unspecified atom stereocenters. The largest absolute Gasteiger partial charge is 0.273 e. The van der Waals surface area contributed by atoms with Crippen LogP contribution in [0, 0.1) is 11.0 Å². The van der Waals surface area contributed by atoms with Crippen molar-refractivity contribution in [3.63, 3.8) is 0 Å². The third kappa shape index (κ3) is 4.58. The summed E-state index contributed by atoms with van der Waals surface area (Å²) < 4.78 is 36.9. The van der Waals surface area contributed by atoms with Gasteiger partial charge in [-0.3, -0.25) is 4.79 Å². The Hall–Kier alpha value is -1.32. The van der Waals surface area contributed by atoms with Crippen LogP contribution in [-0.4, -0.2) is 44.2 Å². The minimum Gasteiger partial charge on any atom is -0.273 e. The zero-order valence-corrected chi connectivity index (χ0v) is 13.1. The number of halogens is 1. The first-order valence-electron chi connectivity index (χ1n) is 6.39. The third-order valence-corrected chi connectivity index (χ3v) is 5.37. The molecule has 0 atom stereocenters. The molecule has 2 rings (SSSR count). The monoisotopic (exact) mass is 333 g/mol. The van der Waals surface area contributed by atoms with Gasteiger partial charge in [0.2, 0.25) is 15.9 Å². The molecule has 0 spiro atoms. The molecule has 21 heavy (non-hydrogen) atoms. The van der Waals surface area contributed by atoms with E-state index in [4.69, 9.17) is 0 Å². The van der Waals surface area contributed by atoms with Gasteiger partial charge in [0, 0.05) is 19.0 Å². The van der Waals surface area contributed by atoms with E-state index >= 15 is 0 Å². The smallest absolute Gasteiger partial charge is 0.243 e. The van der Waals surface area contributed by atoms with E-state index in [1.165, 1.54) is 16.6 Å². The number of nitrogens with one attached hydrogen (secondary N) is 1. The summed E-state index contributed by atoms with van der Waals surface area (Å²) in [7, 11) is -3.19. The summed E-state index contributed by atoms with van der Waals surface area (Å²) in [6, 6.07) is 2.90. The summed E-state index contributed by atoms with van der Waals surface area (Å²) in [4.78, 5) is 12.5. The number of carbonyl (C=O) groups excluding carboxylic acids is 1. The number of rotatable bonds is 4. The summed E-state index contributed by atoms with van der Waals surface area (Å²) in [5, 5.41) is 3.48. The van der Waals surface area contributed by atoms with Crippen molar-refractivity contribution in [1.29, 1.82) is 0 Å². The van der Waals surface area contributed by atoms with Crippen LogP contribution in [0.25, 0.3) is 0 Å². The van der Waals surface area contributed by atoms with Crippen molar-refractivity contribution in [3.8, 4) is 0 Å². The second kappa shape index (κ2) is 6.63. The quantitative estimate of drug-likeness (QED) is 0.660. The van der Waals surface area contributed by atoms with E-state index in [0.29, 0.717) is 30.8 Å². The van der Waals surface area contributed by atoms with Crippen LogP contribution >= 0.6 is 11.3 Å². The normalized spacial score (nSPS) is 18.2. The molecule has 1 aromatic rings. The Bertz CT molecular complexity index is 634. The first-order valence-corrected chi connectivity index (χ1v) is 9.06. The molecule has 1 aliphatic heterocycles. The van der Waals surface area contributed by atoms with E-state index in [1.807, 2.05) is 0 Å². The van der Waals surface area contributed by atoms with Crippen LogP contribution in [0.1, 0.15) is 17.7 Å². The Kier molecular flexibility index (Phi) is 5.07. The molecule has 9 heteroatoms. The van der Waals surface area contributed by atoms with Crippen LogP contribution < -0.4 is 5.43 Å². The number of amides is 1. The molecule has 0 saturated carbocycles. The van der Waals surface area contributed by atoms with E-state index < -0.39 is 10.0 Å². The molecule has 1 aromatic heterocycles. The van der Waals surface area contributed by atoms with Crippen LogP contribution in [0.15, 0.2) is 17.2 Å². The lowest BCUT2D eigenvalue weighted by Crippen LogP contribution is -2.41. The predicted molar refractivity (Wildman–Crippen MR) is 79.2 cm³/mol. The van der Waals surface area contributed by atoms with Gasteiger partial charge in [0.05, 0.1) is 17.3 Å². The van der Waals surface area contributed by atoms with E-state index in [0.717, 1.165) is 17.6 Å². The van der Waals surface area contributed by atoms with Gasteiger partial charge in [-0.2, -0.15) is 9.49 Å². The number of sulfonamides is 1. The highest BCUT2D eigenvalue weighted by molar-refractivity contribution is 7.88. The molecular formula is C12H16FN3O3S2. The highest BCUT2D eigenvalue weighted by atomic mass is 32.2. The second-order valence-electron chi connectivity index (χ2n) is 4.81. The Labute approximate surface area is 126 Å². The molecule has 0 radical (unpaired) electrons. The summed E-state index contributed by atoms with van der Waals surface area (Å²) in [6.07, 6.45) is 3.50. The lowest BCUT2D eigenvalue weighted by molar-refractivity contribution is -0.126. The number of hydrazone groups is 1. The molecule has 1 fully saturated rings. The Balaban J connectivity index is 1.81. The van der Waals surface area contributed by atoms with E-state index in [2.05, 4.69) is 10.5 Å². The van der Waals surface area contributed by atoms with E-state index in [-0.39, 0.29) is 17.0 Å². The SMILES string of the molecule is CS(=O)(=O)N1CCC(C(=O)N/N=C\c2ccc(F)s2)CC1. The molecule has 1 amide bonds. The lowest BCUT2D eigenvalue weighted by Gasteiger charge is -2.28. The first-order chi connectivity index (χ1) is 9.86. The summed E-state index contributed by atoms with van der Waals surface area (Å²) in [6.45, 7) is 0.688. The van der Waals surface area contributed by atoms with Crippen molar-refractivity contribution in [1.82, 2.24) is 9.73 Å². The van der Waals surface area contributed by atoms with Crippen molar-refractivity contribution < 1.29 is 17.6 Å². The minimum absolute atomic E-state index is 0.239. The van der Waals surface area contributed by atoms with Crippen molar-refractivity contribution in [2.45, 2.75) is 12.8 Å². The van der Waals surface area contributed by atoms with Crippen LogP contribution in [0.3, 0.4) is 0 Å². The third-order valence-electron chi connectivity index (χ3n) is 3.25. The highest BCUT2D eigenvalue weighted by Gasteiger charge is 2.28. The fourth-order valence-electron chi connectivity index (χ4n) is 2.10. The van der Waals surface area contributed by atoms with Crippen molar-refractivity contribution in [3.05, 3.63) is 22.1 Å². The van der Waals surface area contributed by atoms with E-state index in [9.17, 15) is 17.6 Å². The number of hydrogen-bond donors (Lipinski definition) is 1. The maximum absolute atomic E-state index is 12.8. The summed E-state index contributed by atoms with van der Waals surface area (Å²) >= 11 is 0.937. The lowest BCUT2D eigenvalue weighted by atomic mass is 9.98. The fraction of sp³-hybridized carbons (Fsp3) is 0.500. The van der Waals surface area contributed by atoms with Gasteiger partial charge >= 0.3 is 0 Å². The van der Waals surface area contributed by atoms with Gasteiger partial charge in [0.1, 0.15) is 0 Å². The molecule has 0 bridgehead atoms. The summed E-state index contributed by atoms with van der Waals surface area (Å²) in [5.74, 6) is -0.489. The van der Waals surface area contributed by atoms with Crippen molar-refractivity contribution in [2.24, 2.45) is 11.0 Å². The zero-order valence-electron chi connectivity index (χ0n) is 11.5. The van der Waals surface area contributed by atoms with Gasteiger partial charge in [-0.25, -0.2) is 18.1 Å². The maximum atomic E-state index is 12.8. The minimum atomic E-state index is -3.19. The second-order valence-corrected chi connectivity index (χ2v) is 7.86. The molecule has 1 saturated heterocycles. The van der Waals surface area contributed by atoms with Crippen LogP contribution in [0.2, 0.25) is 0 Å². The standard InChI is InChI=1S/C12H16FN3O3S2/c1-21(18,19)16-6-4-9(5-7-16)12(17)15-14-8-10-2-3-11(13)20-10/h2-3,8-9H,4-7H2,1H3,(H,15,17)/b14-8-. The number of hydrogen-bond acceptors (Lipinski definition) is 5. The number of thiophene rings is 1. The number of carbonyl (C=O) groups is 1. The topological polar surface area (TPSA) is 78.8 Å². The van der Waals surface area contributed by atoms with Gasteiger partial charge in [0.15, 0.2) is 5.13 Å². The molecule has 0 aliphatic carbocycles. The molecule has 2 heterocycles. The molecule has 6 nitrogen and oxygen atoms in total. The fourth-order valence-corrected chi connectivity index (χ4v) is 3.57. The average molecular weight is 333 g/mol. The highest BCUT2D eigenvalue weighted by Crippen LogP contribution is 2.19. The maximum Gasteiger partial charge on any atom is 0.243 e. The van der Waals surface area contributed by atoms with Gasteiger partial charge < -0.3 is 0 Å². The molecule has 0 aromatic carbocycles. The molecule has 116 valence electrons. The van der Waals surface area contributed by atoms with Gasteiger partial charge in [0.25, 0.3) is 0 Å². The van der Waals surface area contributed by atoms with Crippen LogP contribution in [0.5, 0.6) is 0 Å². The first kappa shape index (κ1) is 16.1. The predicted octanol–water partition coefficient (Wildman–Crippen LogP) is 1.01. The zero-order chi connectivity index (χ0) is 15.5. The Morgan fingerprint density at radius 2 is 2.14 bits per heavy atom. The average Bonchev–Trinajstić information content (AvgIpc) is 2.83. The number of piperidine rings is 1. The van der Waals surface area contributed by atoms with Crippen LogP contribution in [0.4, 0.5) is 4.39 Å². The van der Waals surface area contributed by atoms with Gasteiger partial charge in [-0.1, -0.05) is 0 Å².